The molecular formula is C52H52Cl2F4N6O4. The predicted molar refractivity (Wildman–Crippen MR) is 253 cm³/mol. The van der Waals surface area contributed by atoms with Gasteiger partial charge in [-0.15, -0.1) is 0 Å². The molecule has 6 aromatic rings. The summed E-state index contributed by atoms with van der Waals surface area (Å²) < 4.78 is 64.7. The summed E-state index contributed by atoms with van der Waals surface area (Å²) in [5.41, 5.74) is 3.35. The largest absolute Gasteiger partial charge is 0.489 e. The van der Waals surface area contributed by atoms with Gasteiger partial charge in [0.05, 0.1) is 23.5 Å². The molecule has 2 aliphatic heterocycles. The number of carbonyl (C=O) groups is 2. The summed E-state index contributed by atoms with van der Waals surface area (Å²) in [6.07, 6.45) is 6.23. The molecule has 2 fully saturated rings. The van der Waals surface area contributed by atoms with Crippen molar-refractivity contribution < 1.29 is 36.6 Å². The summed E-state index contributed by atoms with van der Waals surface area (Å²) in [6, 6.07) is 31.6. The fourth-order valence-electron chi connectivity index (χ4n) is 8.16. The summed E-state index contributed by atoms with van der Waals surface area (Å²) in [6.45, 7) is 4.54. The summed E-state index contributed by atoms with van der Waals surface area (Å²) in [7, 11) is 0. The summed E-state index contributed by atoms with van der Waals surface area (Å²) in [4.78, 5) is 39.4. The summed E-state index contributed by atoms with van der Waals surface area (Å²) >= 11 is 12.1. The minimum absolute atomic E-state index is 0.0108. The molecule has 4 heterocycles. The van der Waals surface area contributed by atoms with Gasteiger partial charge in [-0.05, 0) is 136 Å². The zero-order valence-electron chi connectivity index (χ0n) is 37.2. The molecule has 2 aromatic heterocycles. The number of hydrogen-bond acceptors (Lipinski definition) is 8. The Kier molecular flexibility index (Phi) is 18.2. The average molecular weight is 972 g/mol. The summed E-state index contributed by atoms with van der Waals surface area (Å²) in [5, 5.41) is 7.59. The molecule has 0 bridgehead atoms. The highest BCUT2D eigenvalue weighted by Crippen LogP contribution is 2.27. The highest BCUT2D eigenvalue weighted by Gasteiger charge is 2.30. The molecule has 2 amide bonds. The number of carbonyl (C=O) groups excluding carboxylic acids is 2. The molecule has 0 aliphatic carbocycles. The SMILES string of the molecule is O=C(NC(c1ccc(Cl)cc1)c1ccccn1)C1CCN(CCOc2cc(F)ccc2F)CC1.O=C(NC(c1ccc(Cl)cc1)c1ccccn1)C1CCN(CCOc2cc(F)ccc2F)CC1. The summed E-state index contributed by atoms with van der Waals surface area (Å²) in [5.74, 6) is -2.66. The van der Waals surface area contributed by atoms with Crippen LogP contribution in [0.25, 0.3) is 0 Å². The third-order valence-electron chi connectivity index (χ3n) is 12.0. The second kappa shape index (κ2) is 24.8. The lowest BCUT2D eigenvalue weighted by Gasteiger charge is -2.32. The lowest BCUT2D eigenvalue weighted by atomic mass is 9.94. The van der Waals surface area contributed by atoms with Crippen LogP contribution < -0.4 is 20.1 Å². The zero-order chi connectivity index (χ0) is 47.8. The van der Waals surface area contributed by atoms with E-state index in [-0.39, 0.29) is 60.4 Å². The third-order valence-corrected chi connectivity index (χ3v) is 12.5. The first kappa shape index (κ1) is 49.8. The van der Waals surface area contributed by atoms with Gasteiger partial charge in [-0.25, -0.2) is 17.6 Å². The van der Waals surface area contributed by atoms with E-state index >= 15 is 0 Å². The first-order chi connectivity index (χ1) is 33.0. The molecular weight excluding hydrogens is 920 g/mol. The molecule has 2 saturated heterocycles. The van der Waals surface area contributed by atoms with Gasteiger partial charge in [0.15, 0.2) is 23.1 Å². The predicted octanol–water partition coefficient (Wildman–Crippen LogP) is 10.0. The van der Waals surface area contributed by atoms with Gasteiger partial charge in [-0.3, -0.25) is 29.4 Å². The number of rotatable bonds is 16. The average Bonchev–Trinajstić information content (AvgIpc) is 3.36. The van der Waals surface area contributed by atoms with Crippen molar-refractivity contribution in [3.63, 3.8) is 0 Å². The number of pyridine rings is 2. The maximum Gasteiger partial charge on any atom is 0.224 e. The van der Waals surface area contributed by atoms with Crippen LogP contribution in [0.5, 0.6) is 11.5 Å². The molecule has 8 rings (SSSR count). The molecule has 0 spiro atoms. The smallest absolute Gasteiger partial charge is 0.224 e. The molecule has 0 saturated carbocycles. The van der Waals surface area contributed by atoms with Crippen molar-refractivity contribution in [2.75, 3.05) is 52.5 Å². The Morgan fingerprint density at radius 2 is 0.941 bits per heavy atom. The van der Waals surface area contributed by atoms with Crippen molar-refractivity contribution in [3.05, 3.63) is 190 Å². The monoisotopic (exact) mass is 970 g/mol. The van der Waals surface area contributed by atoms with Crippen molar-refractivity contribution in [1.82, 2.24) is 30.4 Å². The third kappa shape index (κ3) is 14.5. The van der Waals surface area contributed by atoms with Gasteiger partial charge in [0, 0.05) is 59.5 Å². The number of halogens is 6. The van der Waals surface area contributed by atoms with Gasteiger partial charge in [-0.2, -0.15) is 0 Å². The van der Waals surface area contributed by atoms with Crippen molar-refractivity contribution >= 4 is 35.0 Å². The van der Waals surface area contributed by atoms with Crippen molar-refractivity contribution in [2.45, 2.75) is 37.8 Å². The number of aromatic nitrogens is 2. The number of likely N-dealkylation sites (tertiary alicyclic amines) is 2. The fourth-order valence-corrected chi connectivity index (χ4v) is 8.41. The Morgan fingerprint density at radius 3 is 1.29 bits per heavy atom. The first-order valence-corrected chi connectivity index (χ1v) is 23.3. The Labute approximate surface area is 403 Å². The topological polar surface area (TPSA) is 109 Å². The molecule has 0 radical (unpaired) electrons. The molecule has 2 aliphatic rings. The van der Waals surface area contributed by atoms with Crippen molar-refractivity contribution in [3.8, 4) is 11.5 Å². The van der Waals surface area contributed by atoms with Crippen LogP contribution in [0.15, 0.2) is 134 Å². The molecule has 356 valence electrons. The van der Waals surface area contributed by atoms with E-state index in [9.17, 15) is 27.2 Å². The Morgan fingerprint density at radius 1 is 0.559 bits per heavy atom. The van der Waals surface area contributed by atoms with Crippen molar-refractivity contribution in [2.24, 2.45) is 11.8 Å². The van der Waals surface area contributed by atoms with E-state index in [2.05, 4.69) is 30.4 Å². The number of ether oxygens (including phenoxy) is 2. The van der Waals surface area contributed by atoms with E-state index in [1.807, 2.05) is 60.7 Å². The fraction of sp³-hybridized carbons (Fsp3) is 0.308. The van der Waals surface area contributed by atoms with Crippen LogP contribution in [0.2, 0.25) is 10.0 Å². The van der Waals surface area contributed by atoms with Gasteiger partial charge in [0.1, 0.15) is 24.8 Å². The molecule has 68 heavy (non-hydrogen) atoms. The second-order valence-corrected chi connectivity index (χ2v) is 17.4. The van der Waals surface area contributed by atoms with E-state index in [0.29, 0.717) is 48.8 Å². The lowest BCUT2D eigenvalue weighted by molar-refractivity contribution is -0.127. The Hall–Kier alpha value is -6.06. The molecule has 2 unspecified atom stereocenters. The molecule has 2 N–H and O–H groups in total. The first-order valence-electron chi connectivity index (χ1n) is 22.5. The van der Waals surface area contributed by atoms with E-state index in [4.69, 9.17) is 32.7 Å². The van der Waals surface area contributed by atoms with E-state index in [1.165, 1.54) is 0 Å². The van der Waals surface area contributed by atoms with Gasteiger partial charge in [0.25, 0.3) is 0 Å². The molecule has 2 atom stereocenters. The Bertz CT molecular complexity index is 2360. The standard InChI is InChI=1S/2C26H26ClF2N3O2/c2*27-20-6-4-18(5-7-20)25(23-3-1-2-12-30-23)31-26(33)19-10-13-32(14-11-19)15-16-34-24-17-21(28)8-9-22(24)29/h2*1-9,12,17,19,25H,10-11,13-16H2,(H,31,33). The van der Waals surface area contributed by atoms with Gasteiger partial charge in [0.2, 0.25) is 11.8 Å². The van der Waals surface area contributed by atoms with E-state index < -0.39 is 23.3 Å². The maximum absolute atomic E-state index is 13.7. The van der Waals surface area contributed by atoms with Gasteiger partial charge >= 0.3 is 0 Å². The second-order valence-electron chi connectivity index (χ2n) is 16.6. The minimum Gasteiger partial charge on any atom is -0.489 e. The van der Waals surface area contributed by atoms with E-state index in [1.54, 1.807) is 36.7 Å². The number of hydrogen-bond donors (Lipinski definition) is 2. The van der Waals surface area contributed by atoms with Gasteiger partial charge in [-0.1, -0.05) is 59.6 Å². The van der Waals surface area contributed by atoms with E-state index in [0.717, 1.165) is 85.1 Å². The van der Waals surface area contributed by atoms with Crippen LogP contribution in [0, 0.1) is 35.1 Å². The van der Waals surface area contributed by atoms with Crippen molar-refractivity contribution in [1.29, 1.82) is 0 Å². The number of nitrogens with one attached hydrogen (secondary N) is 2. The number of piperidine rings is 2. The molecule has 16 heteroatoms. The van der Waals surface area contributed by atoms with Gasteiger partial charge < -0.3 is 20.1 Å². The van der Waals surface area contributed by atoms with Crippen LogP contribution in [0.1, 0.15) is 60.3 Å². The normalized spacial score (nSPS) is 15.6. The van der Waals surface area contributed by atoms with Crippen LogP contribution >= 0.6 is 23.2 Å². The quantitative estimate of drug-likeness (QED) is 0.0924. The Balaban J connectivity index is 0.000000201. The molecule has 10 nitrogen and oxygen atoms in total. The van der Waals surface area contributed by atoms with Crippen LogP contribution in [0.4, 0.5) is 17.6 Å². The minimum atomic E-state index is -0.583. The number of amides is 2. The molecule has 4 aromatic carbocycles. The highest BCUT2D eigenvalue weighted by molar-refractivity contribution is 6.30. The van der Waals surface area contributed by atoms with Crippen LogP contribution in [0.3, 0.4) is 0 Å². The lowest BCUT2D eigenvalue weighted by Crippen LogP contribution is -2.43. The number of nitrogens with zero attached hydrogens (tertiary/aromatic N) is 4. The maximum atomic E-state index is 13.7. The number of benzene rings is 4. The van der Waals surface area contributed by atoms with Crippen LogP contribution in [-0.4, -0.2) is 84.1 Å². The highest BCUT2D eigenvalue weighted by atomic mass is 35.5. The zero-order valence-corrected chi connectivity index (χ0v) is 38.7. The van der Waals surface area contributed by atoms with Crippen LogP contribution in [-0.2, 0) is 9.59 Å².